The van der Waals surface area contributed by atoms with E-state index in [1.165, 1.54) is 6.92 Å². The van der Waals surface area contributed by atoms with E-state index in [1.807, 2.05) is 16.8 Å². The normalized spacial score (nSPS) is 25.1. The van der Waals surface area contributed by atoms with Gasteiger partial charge < -0.3 is 19.9 Å². The Morgan fingerprint density at radius 1 is 0.853 bits per heavy atom. The van der Waals surface area contributed by atoms with Crippen LogP contribution < -0.4 is 5.32 Å². The number of piperidine rings is 2. The minimum Gasteiger partial charge on any atom is -0.457 e. The zero-order chi connectivity index (χ0) is 25.3. The molecule has 10 heteroatoms. The molecule has 3 aliphatic heterocycles. The highest BCUT2D eigenvalue weighted by molar-refractivity contribution is 5.83. The van der Waals surface area contributed by atoms with E-state index in [1.54, 1.807) is 18.9 Å². The van der Waals surface area contributed by atoms with Gasteiger partial charge in [-0.05, 0) is 59.0 Å². The van der Waals surface area contributed by atoms with E-state index in [2.05, 4.69) is 5.32 Å². The highest BCUT2D eigenvalue weighted by atomic mass is 16.5. The molecule has 0 radical (unpaired) electrons. The minimum absolute atomic E-state index is 0.0153. The van der Waals surface area contributed by atoms with Crippen molar-refractivity contribution in [2.45, 2.75) is 58.4 Å². The van der Waals surface area contributed by atoms with Gasteiger partial charge in [0.1, 0.15) is 12.6 Å². The van der Waals surface area contributed by atoms with Crippen LogP contribution in [0.1, 0.15) is 52.4 Å². The first kappa shape index (κ1) is 27.8. The largest absolute Gasteiger partial charge is 0.457 e. The van der Waals surface area contributed by atoms with Crippen LogP contribution in [0.15, 0.2) is 0 Å². The Morgan fingerprint density at radius 3 is 2.00 bits per heavy atom. The number of amides is 3. The lowest BCUT2D eigenvalue weighted by atomic mass is 9.92. The van der Waals surface area contributed by atoms with Crippen molar-refractivity contribution in [3.8, 4) is 0 Å². The van der Waals surface area contributed by atoms with Gasteiger partial charge in [0.15, 0.2) is 5.78 Å². The quantitative estimate of drug-likeness (QED) is 0.568. The van der Waals surface area contributed by atoms with Crippen LogP contribution in [-0.4, -0.2) is 104 Å². The highest BCUT2D eigenvalue weighted by Gasteiger charge is 2.34. The van der Waals surface area contributed by atoms with Crippen LogP contribution in [0.3, 0.4) is 0 Å². The monoisotopic (exact) mass is 480 g/mol. The Balaban J connectivity index is 0.000000270. The van der Waals surface area contributed by atoms with Gasteiger partial charge in [0.25, 0.3) is 0 Å². The second kappa shape index (κ2) is 13.4. The molecule has 3 fully saturated rings. The molecule has 0 spiro atoms. The summed E-state index contributed by atoms with van der Waals surface area (Å²) in [6.45, 7) is 6.30. The first-order valence-electron chi connectivity index (χ1n) is 12.3. The first-order valence-corrected chi connectivity index (χ1v) is 12.3. The smallest absolute Gasteiger partial charge is 0.323 e. The van der Waals surface area contributed by atoms with E-state index >= 15 is 0 Å². The number of likely N-dealkylation sites (N-methyl/N-ethyl adjacent to an activating group) is 1. The van der Waals surface area contributed by atoms with Gasteiger partial charge in [-0.25, -0.2) is 0 Å². The summed E-state index contributed by atoms with van der Waals surface area (Å²) in [5, 5.41) is 2.67. The van der Waals surface area contributed by atoms with Crippen molar-refractivity contribution in [2.75, 3.05) is 53.4 Å². The van der Waals surface area contributed by atoms with Gasteiger partial charge in [-0.3, -0.25) is 28.9 Å². The number of ketones is 1. The molecule has 3 atom stereocenters. The van der Waals surface area contributed by atoms with E-state index in [9.17, 15) is 24.0 Å². The Hall–Kier alpha value is -2.49. The fourth-order valence-corrected chi connectivity index (χ4v) is 4.80. The highest BCUT2D eigenvalue weighted by Crippen LogP contribution is 2.23. The maximum absolute atomic E-state index is 12.6. The number of esters is 1. The maximum atomic E-state index is 12.6. The third kappa shape index (κ3) is 8.07. The lowest BCUT2D eigenvalue weighted by Crippen LogP contribution is -2.50. The van der Waals surface area contributed by atoms with Crippen LogP contribution in [-0.2, 0) is 28.7 Å². The lowest BCUT2D eigenvalue weighted by Gasteiger charge is -2.37. The average molecular weight is 481 g/mol. The second-order valence-electron chi connectivity index (χ2n) is 9.49. The molecule has 3 rings (SSSR count). The predicted molar refractivity (Wildman–Crippen MR) is 126 cm³/mol. The van der Waals surface area contributed by atoms with Crippen molar-refractivity contribution < 1.29 is 28.7 Å². The van der Waals surface area contributed by atoms with Crippen LogP contribution in [0.5, 0.6) is 0 Å². The second-order valence-corrected chi connectivity index (χ2v) is 9.49. The van der Waals surface area contributed by atoms with E-state index in [-0.39, 0.29) is 54.0 Å². The molecule has 3 saturated heterocycles. The molecule has 1 unspecified atom stereocenters. The Kier molecular flexibility index (Phi) is 10.9. The zero-order valence-electron chi connectivity index (χ0n) is 21.0. The molecule has 0 aromatic heterocycles. The molecule has 0 aliphatic carbocycles. The van der Waals surface area contributed by atoms with Crippen LogP contribution >= 0.6 is 0 Å². The average Bonchev–Trinajstić information content (AvgIpc) is 3.28. The van der Waals surface area contributed by atoms with Crippen LogP contribution in [0, 0.1) is 11.8 Å². The van der Waals surface area contributed by atoms with Crippen molar-refractivity contribution in [1.29, 1.82) is 0 Å². The van der Waals surface area contributed by atoms with Gasteiger partial charge in [0.2, 0.25) is 17.7 Å². The SMILES string of the molecule is CC(=O)COC(=O)C1CCCN1C.CNC(=O)[C@H]1CCCN(C(=O)[C@@H]2CCCN(C(C)=O)C2)C1. The van der Waals surface area contributed by atoms with Crippen LogP contribution in [0.25, 0.3) is 0 Å². The van der Waals surface area contributed by atoms with Crippen LogP contribution in [0.4, 0.5) is 0 Å². The Labute approximate surface area is 202 Å². The summed E-state index contributed by atoms with van der Waals surface area (Å²) in [6.07, 6.45) is 5.29. The third-order valence-corrected chi connectivity index (χ3v) is 6.78. The summed E-state index contributed by atoms with van der Waals surface area (Å²) < 4.78 is 4.83. The van der Waals surface area contributed by atoms with Gasteiger partial charge in [-0.1, -0.05) is 0 Å². The van der Waals surface area contributed by atoms with E-state index in [0.717, 1.165) is 58.2 Å². The molecular formula is C24H40N4O6. The van der Waals surface area contributed by atoms with Crippen LogP contribution in [0.2, 0.25) is 0 Å². The van der Waals surface area contributed by atoms with Crippen molar-refractivity contribution in [3.63, 3.8) is 0 Å². The van der Waals surface area contributed by atoms with Crippen molar-refractivity contribution in [3.05, 3.63) is 0 Å². The molecule has 192 valence electrons. The maximum Gasteiger partial charge on any atom is 0.323 e. The Bertz CT molecular complexity index is 758. The number of ether oxygens (including phenoxy) is 1. The number of hydrogen-bond donors (Lipinski definition) is 1. The summed E-state index contributed by atoms with van der Waals surface area (Å²) in [6, 6.07) is -0.139. The summed E-state index contributed by atoms with van der Waals surface area (Å²) in [5.74, 6) is -0.430. The van der Waals surface area contributed by atoms with Crippen molar-refractivity contribution in [1.82, 2.24) is 20.0 Å². The molecular weight excluding hydrogens is 440 g/mol. The van der Waals surface area contributed by atoms with Gasteiger partial charge in [-0.2, -0.15) is 0 Å². The number of nitrogens with zero attached hydrogens (tertiary/aromatic N) is 3. The van der Waals surface area contributed by atoms with Crippen molar-refractivity contribution in [2.24, 2.45) is 11.8 Å². The topological polar surface area (TPSA) is 116 Å². The number of nitrogens with one attached hydrogen (secondary N) is 1. The van der Waals surface area contributed by atoms with Gasteiger partial charge in [-0.15, -0.1) is 0 Å². The third-order valence-electron chi connectivity index (χ3n) is 6.78. The minimum atomic E-state index is -0.268. The molecule has 34 heavy (non-hydrogen) atoms. The number of Topliss-reactive ketones (excluding diaryl/α,β-unsaturated/α-hetero) is 1. The van der Waals surface area contributed by atoms with Gasteiger partial charge >= 0.3 is 5.97 Å². The molecule has 0 aromatic rings. The number of hydrogen-bond acceptors (Lipinski definition) is 7. The summed E-state index contributed by atoms with van der Waals surface area (Å²) >= 11 is 0. The van der Waals surface area contributed by atoms with Gasteiger partial charge in [0.05, 0.1) is 11.8 Å². The number of carbonyl (C=O) groups excluding carboxylic acids is 5. The predicted octanol–water partition coefficient (Wildman–Crippen LogP) is 0.442. The molecule has 1 N–H and O–H groups in total. The Morgan fingerprint density at radius 2 is 1.44 bits per heavy atom. The van der Waals surface area contributed by atoms with Crippen molar-refractivity contribution >= 4 is 29.5 Å². The molecule has 0 aromatic carbocycles. The molecule has 3 amide bonds. The van der Waals surface area contributed by atoms with E-state index < -0.39 is 0 Å². The number of likely N-dealkylation sites (tertiary alicyclic amines) is 3. The first-order chi connectivity index (χ1) is 16.1. The fourth-order valence-electron chi connectivity index (χ4n) is 4.80. The summed E-state index contributed by atoms with van der Waals surface area (Å²) in [5.41, 5.74) is 0. The van der Waals surface area contributed by atoms with E-state index in [4.69, 9.17) is 4.74 Å². The van der Waals surface area contributed by atoms with Gasteiger partial charge in [0, 0.05) is 40.2 Å². The molecule has 10 nitrogen and oxygen atoms in total. The fraction of sp³-hybridized carbons (Fsp3) is 0.792. The molecule has 0 bridgehead atoms. The zero-order valence-corrected chi connectivity index (χ0v) is 21.0. The van der Waals surface area contributed by atoms with E-state index in [0.29, 0.717) is 13.1 Å². The number of rotatable bonds is 5. The molecule has 3 heterocycles. The molecule has 3 aliphatic rings. The molecule has 0 saturated carbocycles. The number of carbonyl (C=O) groups is 5. The summed E-state index contributed by atoms with van der Waals surface area (Å²) in [7, 11) is 3.53. The standard InChI is InChI=1S/C15H25N3O3.C9H15NO3/c1-11(19)17-7-4-6-13(10-17)15(21)18-8-3-5-12(9-18)14(20)16-2;1-7(11)6-13-9(12)8-4-3-5-10(8)2/h12-13H,3-10H2,1-2H3,(H,16,20);8H,3-6H2,1-2H3/t12-,13+;/m0./s1. The lowest BCUT2D eigenvalue weighted by molar-refractivity contribution is -0.151. The summed E-state index contributed by atoms with van der Waals surface area (Å²) in [4.78, 5) is 63.3.